The third-order valence-electron chi connectivity index (χ3n) is 3.83. The third-order valence-corrected chi connectivity index (χ3v) is 3.83. The van der Waals surface area contributed by atoms with Crippen LogP contribution in [0, 0.1) is 0 Å². The van der Waals surface area contributed by atoms with Gasteiger partial charge in [0.1, 0.15) is 11.5 Å². The number of rotatable bonds is 3. The van der Waals surface area contributed by atoms with Crippen LogP contribution in [0.2, 0.25) is 0 Å². The molecule has 1 fully saturated rings. The minimum atomic E-state index is -0.0779. The third kappa shape index (κ3) is 2.77. The zero-order chi connectivity index (χ0) is 15.5. The minimum absolute atomic E-state index is 0.0779. The second-order valence-electron chi connectivity index (χ2n) is 5.56. The molecule has 0 N–H and O–H groups in total. The van der Waals surface area contributed by atoms with E-state index in [-0.39, 0.29) is 11.9 Å². The summed E-state index contributed by atoms with van der Waals surface area (Å²) in [6.07, 6.45) is 7.22. The second kappa shape index (κ2) is 6.09. The van der Waals surface area contributed by atoms with Gasteiger partial charge in [0.2, 0.25) is 0 Å². The molecule has 0 aliphatic carbocycles. The quantitative estimate of drug-likeness (QED) is 0.866. The van der Waals surface area contributed by atoms with E-state index in [2.05, 4.69) is 19.9 Å². The molecule has 0 aromatic carbocycles. The molecule has 22 heavy (non-hydrogen) atoms. The standard InChI is InChI=1S/C16H19N5O/c1-20(2)16(22)13-6-3-5-12(19-13)14-7-4-10-21(14)15-11-17-8-9-18-15/h3,5-6,8-9,11,14H,4,7,10H2,1-2H3/t14-/m0/s1. The van der Waals surface area contributed by atoms with Crippen molar-refractivity contribution in [3.63, 3.8) is 0 Å². The monoisotopic (exact) mass is 297 g/mol. The Labute approximate surface area is 129 Å². The van der Waals surface area contributed by atoms with Crippen LogP contribution >= 0.6 is 0 Å². The van der Waals surface area contributed by atoms with Gasteiger partial charge in [-0.3, -0.25) is 9.78 Å². The highest BCUT2D eigenvalue weighted by atomic mass is 16.2. The molecule has 0 bridgehead atoms. The maximum absolute atomic E-state index is 12.1. The molecule has 3 heterocycles. The van der Waals surface area contributed by atoms with E-state index >= 15 is 0 Å². The van der Waals surface area contributed by atoms with Gasteiger partial charge in [-0.1, -0.05) is 6.07 Å². The molecule has 0 unspecified atom stereocenters. The van der Waals surface area contributed by atoms with Crippen molar-refractivity contribution in [1.82, 2.24) is 19.9 Å². The number of nitrogens with zero attached hydrogens (tertiary/aromatic N) is 5. The van der Waals surface area contributed by atoms with E-state index in [1.807, 2.05) is 12.1 Å². The molecule has 2 aromatic rings. The predicted octanol–water partition coefficient (Wildman–Crippen LogP) is 1.91. The Balaban J connectivity index is 1.90. The molecule has 1 amide bonds. The van der Waals surface area contributed by atoms with Crippen molar-refractivity contribution in [3.8, 4) is 0 Å². The Kier molecular flexibility index (Phi) is 4.00. The molecule has 1 aliphatic heterocycles. The van der Waals surface area contributed by atoms with E-state index in [0.717, 1.165) is 30.9 Å². The lowest BCUT2D eigenvalue weighted by Crippen LogP contribution is -2.26. The van der Waals surface area contributed by atoms with Gasteiger partial charge in [-0.2, -0.15) is 0 Å². The van der Waals surface area contributed by atoms with Gasteiger partial charge in [0.05, 0.1) is 17.9 Å². The Morgan fingerprint density at radius 2 is 2.18 bits per heavy atom. The van der Waals surface area contributed by atoms with Crippen LogP contribution in [0.5, 0.6) is 0 Å². The number of anilines is 1. The predicted molar refractivity (Wildman–Crippen MR) is 83.6 cm³/mol. The number of hydrogen-bond donors (Lipinski definition) is 0. The van der Waals surface area contributed by atoms with Gasteiger partial charge in [0, 0.05) is 33.0 Å². The van der Waals surface area contributed by atoms with Crippen molar-refractivity contribution in [2.75, 3.05) is 25.5 Å². The van der Waals surface area contributed by atoms with E-state index in [9.17, 15) is 4.79 Å². The van der Waals surface area contributed by atoms with Gasteiger partial charge in [-0.25, -0.2) is 9.97 Å². The Morgan fingerprint density at radius 3 is 2.91 bits per heavy atom. The van der Waals surface area contributed by atoms with Gasteiger partial charge in [0.15, 0.2) is 0 Å². The molecule has 1 saturated heterocycles. The summed E-state index contributed by atoms with van der Waals surface area (Å²) in [6, 6.07) is 5.78. The van der Waals surface area contributed by atoms with Crippen molar-refractivity contribution in [1.29, 1.82) is 0 Å². The normalized spacial score (nSPS) is 17.5. The Bertz CT molecular complexity index is 659. The first-order valence-electron chi connectivity index (χ1n) is 7.38. The fourth-order valence-corrected chi connectivity index (χ4v) is 2.77. The number of hydrogen-bond acceptors (Lipinski definition) is 5. The molecule has 6 nitrogen and oxygen atoms in total. The van der Waals surface area contributed by atoms with Gasteiger partial charge in [-0.05, 0) is 25.0 Å². The summed E-state index contributed by atoms with van der Waals surface area (Å²) in [7, 11) is 3.47. The molecule has 3 rings (SSSR count). The molecule has 0 saturated carbocycles. The highest BCUT2D eigenvalue weighted by molar-refractivity contribution is 5.91. The first kappa shape index (κ1) is 14.4. The highest BCUT2D eigenvalue weighted by Crippen LogP contribution is 2.33. The lowest BCUT2D eigenvalue weighted by atomic mass is 10.1. The summed E-state index contributed by atoms with van der Waals surface area (Å²) in [6.45, 7) is 0.927. The van der Waals surface area contributed by atoms with E-state index in [1.165, 1.54) is 0 Å². The van der Waals surface area contributed by atoms with Crippen LogP contribution in [0.1, 0.15) is 35.1 Å². The van der Waals surface area contributed by atoms with Gasteiger partial charge in [-0.15, -0.1) is 0 Å². The fraction of sp³-hybridized carbons (Fsp3) is 0.375. The lowest BCUT2D eigenvalue weighted by molar-refractivity contribution is 0.0821. The zero-order valence-corrected chi connectivity index (χ0v) is 12.8. The number of aromatic nitrogens is 3. The largest absolute Gasteiger partial charge is 0.347 e. The second-order valence-corrected chi connectivity index (χ2v) is 5.56. The SMILES string of the molecule is CN(C)C(=O)c1cccc([C@@H]2CCCN2c2cnccn2)n1. The van der Waals surface area contributed by atoms with E-state index < -0.39 is 0 Å². The molecule has 0 radical (unpaired) electrons. The maximum atomic E-state index is 12.1. The lowest BCUT2D eigenvalue weighted by Gasteiger charge is -2.25. The Morgan fingerprint density at radius 1 is 1.32 bits per heavy atom. The van der Waals surface area contributed by atoms with Crippen LogP contribution in [0.3, 0.4) is 0 Å². The smallest absolute Gasteiger partial charge is 0.271 e. The van der Waals surface area contributed by atoms with Crippen molar-refractivity contribution in [2.24, 2.45) is 0 Å². The number of pyridine rings is 1. The zero-order valence-electron chi connectivity index (χ0n) is 12.8. The average Bonchev–Trinajstić information content (AvgIpc) is 3.04. The molecule has 0 spiro atoms. The summed E-state index contributed by atoms with van der Waals surface area (Å²) < 4.78 is 0. The van der Waals surface area contributed by atoms with Crippen molar-refractivity contribution in [3.05, 3.63) is 48.2 Å². The fourth-order valence-electron chi connectivity index (χ4n) is 2.77. The molecular formula is C16H19N5O. The highest BCUT2D eigenvalue weighted by Gasteiger charge is 2.28. The van der Waals surface area contributed by atoms with Gasteiger partial charge >= 0.3 is 0 Å². The first-order valence-corrected chi connectivity index (χ1v) is 7.38. The van der Waals surface area contributed by atoms with Crippen LogP contribution in [0.15, 0.2) is 36.8 Å². The number of amides is 1. The number of carbonyl (C=O) groups is 1. The van der Waals surface area contributed by atoms with Gasteiger partial charge in [0.25, 0.3) is 5.91 Å². The van der Waals surface area contributed by atoms with Crippen LogP contribution in [0.4, 0.5) is 5.82 Å². The molecule has 1 aliphatic rings. The minimum Gasteiger partial charge on any atom is -0.347 e. The summed E-state index contributed by atoms with van der Waals surface area (Å²) in [5.74, 6) is 0.780. The van der Waals surface area contributed by atoms with Crippen molar-refractivity contribution in [2.45, 2.75) is 18.9 Å². The van der Waals surface area contributed by atoms with Crippen LogP contribution in [-0.2, 0) is 0 Å². The maximum Gasteiger partial charge on any atom is 0.271 e. The van der Waals surface area contributed by atoms with Crippen molar-refractivity contribution >= 4 is 11.7 Å². The van der Waals surface area contributed by atoms with E-state index in [0.29, 0.717) is 5.69 Å². The van der Waals surface area contributed by atoms with Gasteiger partial charge < -0.3 is 9.80 Å². The number of carbonyl (C=O) groups excluding carboxylic acids is 1. The summed E-state index contributed by atoms with van der Waals surface area (Å²) in [5.41, 5.74) is 1.39. The topological polar surface area (TPSA) is 62.2 Å². The summed E-state index contributed by atoms with van der Waals surface area (Å²) in [4.78, 5) is 28.9. The van der Waals surface area contributed by atoms with Crippen LogP contribution in [-0.4, -0.2) is 46.4 Å². The van der Waals surface area contributed by atoms with E-state index in [4.69, 9.17) is 0 Å². The molecule has 1 atom stereocenters. The van der Waals surface area contributed by atoms with Crippen LogP contribution in [0.25, 0.3) is 0 Å². The summed E-state index contributed by atoms with van der Waals surface area (Å²) >= 11 is 0. The molecular weight excluding hydrogens is 278 g/mol. The van der Waals surface area contributed by atoms with E-state index in [1.54, 1.807) is 43.7 Å². The average molecular weight is 297 g/mol. The molecule has 6 heteroatoms. The van der Waals surface area contributed by atoms with Crippen LogP contribution < -0.4 is 4.90 Å². The molecule has 2 aromatic heterocycles. The van der Waals surface area contributed by atoms with Crippen molar-refractivity contribution < 1.29 is 4.79 Å². The molecule has 114 valence electrons. The Hall–Kier alpha value is -2.50. The summed E-state index contributed by atoms with van der Waals surface area (Å²) in [5, 5.41) is 0. The first-order chi connectivity index (χ1) is 10.7.